The fourth-order valence-corrected chi connectivity index (χ4v) is 3.68. The Morgan fingerprint density at radius 3 is 2.32 bits per heavy atom. The Morgan fingerprint density at radius 2 is 1.71 bits per heavy atom. The maximum atomic E-state index is 13.3. The first kappa shape index (κ1) is 18.2. The van der Waals surface area contributed by atoms with Gasteiger partial charge in [-0.1, -0.05) is 5.16 Å². The standard InChI is InChI=1S/C20H22N4O4/c1-11-9-15(13(3)27-11)17-10-16(18-12(2)22-28-19(18)21-17)20(26)24-7-5-23(6-8-24)14(4)25/h9-10H,5-8H2,1-4H3. The molecular formula is C20H22N4O4. The van der Waals surface area contributed by atoms with Crippen LogP contribution < -0.4 is 0 Å². The van der Waals surface area contributed by atoms with Gasteiger partial charge in [0.2, 0.25) is 5.91 Å². The highest BCUT2D eigenvalue weighted by Gasteiger charge is 2.27. The minimum atomic E-state index is -0.110. The summed E-state index contributed by atoms with van der Waals surface area (Å²) < 4.78 is 11.0. The maximum Gasteiger partial charge on any atom is 0.259 e. The average Bonchev–Trinajstić information content (AvgIpc) is 3.22. The second-order valence-electron chi connectivity index (χ2n) is 7.13. The van der Waals surface area contributed by atoms with Crippen molar-refractivity contribution >= 4 is 22.9 Å². The molecule has 1 aliphatic heterocycles. The van der Waals surface area contributed by atoms with Crippen LogP contribution in [0.5, 0.6) is 0 Å². The normalized spacial score (nSPS) is 14.7. The summed E-state index contributed by atoms with van der Waals surface area (Å²) in [6.45, 7) is 9.13. The molecule has 0 radical (unpaired) electrons. The molecule has 0 bridgehead atoms. The van der Waals surface area contributed by atoms with Gasteiger partial charge in [-0.15, -0.1) is 0 Å². The number of pyridine rings is 1. The van der Waals surface area contributed by atoms with Crippen LogP contribution >= 0.6 is 0 Å². The number of rotatable bonds is 2. The fraction of sp³-hybridized carbons (Fsp3) is 0.400. The Bertz CT molecular complexity index is 1070. The van der Waals surface area contributed by atoms with Gasteiger partial charge < -0.3 is 18.7 Å². The fourth-order valence-electron chi connectivity index (χ4n) is 3.68. The van der Waals surface area contributed by atoms with Gasteiger partial charge in [0.1, 0.15) is 11.5 Å². The first-order chi connectivity index (χ1) is 13.3. The van der Waals surface area contributed by atoms with Gasteiger partial charge in [-0.3, -0.25) is 9.59 Å². The van der Waals surface area contributed by atoms with Crippen molar-refractivity contribution in [3.8, 4) is 11.3 Å². The predicted molar refractivity (Wildman–Crippen MR) is 102 cm³/mol. The van der Waals surface area contributed by atoms with Gasteiger partial charge in [-0.05, 0) is 32.9 Å². The number of nitrogens with zero attached hydrogens (tertiary/aromatic N) is 4. The van der Waals surface area contributed by atoms with Gasteiger partial charge in [-0.25, -0.2) is 4.98 Å². The Labute approximate surface area is 162 Å². The molecule has 4 heterocycles. The van der Waals surface area contributed by atoms with Gasteiger partial charge >= 0.3 is 0 Å². The number of aromatic nitrogens is 2. The number of carbonyl (C=O) groups is 2. The summed E-state index contributed by atoms with van der Waals surface area (Å²) in [5.41, 5.74) is 2.90. The van der Waals surface area contributed by atoms with Crippen molar-refractivity contribution in [2.24, 2.45) is 0 Å². The number of fused-ring (bicyclic) bond motifs is 1. The van der Waals surface area contributed by atoms with Gasteiger partial charge in [0.05, 0.1) is 22.3 Å². The number of carbonyl (C=O) groups excluding carboxylic acids is 2. The molecule has 8 nitrogen and oxygen atoms in total. The van der Waals surface area contributed by atoms with Crippen molar-refractivity contribution in [2.45, 2.75) is 27.7 Å². The third-order valence-electron chi connectivity index (χ3n) is 5.18. The number of hydrogen-bond acceptors (Lipinski definition) is 6. The number of amides is 2. The highest BCUT2D eigenvalue weighted by Crippen LogP contribution is 2.31. The van der Waals surface area contributed by atoms with Crippen LogP contribution in [0.15, 0.2) is 21.1 Å². The van der Waals surface area contributed by atoms with E-state index in [2.05, 4.69) is 10.1 Å². The quantitative estimate of drug-likeness (QED) is 0.677. The minimum absolute atomic E-state index is 0.0290. The second kappa shape index (κ2) is 6.78. The van der Waals surface area contributed by atoms with Gasteiger partial charge in [0, 0.05) is 38.7 Å². The molecule has 0 aromatic carbocycles. The van der Waals surface area contributed by atoms with Crippen LogP contribution in [-0.2, 0) is 4.79 Å². The summed E-state index contributed by atoms with van der Waals surface area (Å²) in [6.07, 6.45) is 0. The molecule has 3 aromatic rings. The van der Waals surface area contributed by atoms with Crippen LogP contribution in [0.25, 0.3) is 22.4 Å². The van der Waals surface area contributed by atoms with Crippen molar-refractivity contribution in [3.63, 3.8) is 0 Å². The van der Waals surface area contributed by atoms with E-state index >= 15 is 0 Å². The number of furan rings is 1. The molecule has 1 aliphatic rings. The van der Waals surface area contributed by atoms with E-state index in [4.69, 9.17) is 8.94 Å². The Hall–Kier alpha value is -3.16. The predicted octanol–water partition coefficient (Wildman–Crippen LogP) is 2.71. The molecule has 0 aliphatic carbocycles. The van der Waals surface area contributed by atoms with Crippen molar-refractivity contribution in [2.75, 3.05) is 26.2 Å². The first-order valence-electron chi connectivity index (χ1n) is 9.24. The van der Waals surface area contributed by atoms with Gasteiger partial charge in [0.25, 0.3) is 11.6 Å². The zero-order chi connectivity index (χ0) is 20.0. The van der Waals surface area contributed by atoms with Crippen molar-refractivity contribution in [1.29, 1.82) is 0 Å². The highest BCUT2D eigenvalue weighted by atomic mass is 16.5. The van der Waals surface area contributed by atoms with Crippen LogP contribution in [0.3, 0.4) is 0 Å². The number of hydrogen-bond donors (Lipinski definition) is 0. The zero-order valence-electron chi connectivity index (χ0n) is 16.4. The van der Waals surface area contributed by atoms with E-state index < -0.39 is 0 Å². The molecule has 0 atom stereocenters. The summed E-state index contributed by atoms with van der Waals surface area (Å²) in [4.78, 5) is 32.9. The number of aryl methyl sites for hydroxylation is 3. The molecule has 8 heteroatoms. The minimum Gasteiger partial charge on any atom is -0.466 e. The van der Waals surface area contributed by atoms with E-state index in [0.717, 1.165) is 17.1 Å². The van der Waals surface area contributed by atoms with Crippen LogP contribution in [0.4, 0.5) is 0 Å². The van der Waals surface area contributed by atoms with E-state index in [1.807, 2.05) is 19.9 Å². The van der Waals surface area contributed by atoms with Crippen LogP contribution in [0.1, 0.15) is 34.5 Å². The van der Waals surface area contributed by atoms with Crippen molar-refractivity contribution in [3.05, 3.63) is 34.9 Å². The van der Waals surface area contributed by atoms with E-state index in [1.165, 1.54) is 0 Å². The van der Waals surface area contributed by atoms with Gasteiger partial charge in [0.15, 0.2) is 0 Å². The molecule has 1 fully saturated rings. The molecule has 3 aromatic heterocycles. The second-order valence-corrected chi connectivity index (χ2v) is 7.13. The molecule has 0 N–H and O–H groups in total. The summed E-state index contributed by atoms with van der Waals surface area (Å²) in [6, 6.07) is 3.68. The SMILES string of the molecule is CC(=O)N1CCN(C(=O)c2cc(-c3cc(C)oc3C)nc3onc(C)c23)CC1. The summed E-state index contributed by atoms with van der Waals surface area (Å²) in [7, 11) is 0. The van der Waals surface area contributed by atoms with Crippen LogP contribution in [-0.4, -0.2) is 57.9 Å². The molecule has 28 heavy (non-hydrogen) atoms. The average molecular weight is 382 g/mol. The molecule has 4 rings (SSSR count). The topological polar surface area (TPSA) is 92.7 Å². The summed E-state index contributed by atoms with van der Waals surface area (Å²) >= 11 is 0. The molecule has 2 amide bonds. The lowest BCUT2D eigenvalue weighted by Gasteiger charge is -2.34. The van der Waals surface area contributed by atoms with Gasteiger partial charge in [-0.2, -0.15) is 0 Å². The molecule has 1 saturated heterocycles. The lowest BCUT2D eigenvalue weighted by atomic mass is 10.0. The third kappa shape index (κ3) is 3.04. The summed E-state index contributed by atoms with van der Waals surface area (Å²) in [5, 5.41) is 4.62. The smallest absolute Gasteiger partial charge is 0.259 e. The monoisotopic (exact) mass is 382 g/mol. The largest absolute Gasteiger partial charge is 0.466 e. The lowest BCUT2D eigenvalue weighted by molar-refractivity contribution is -0.130. The molecule has 146 valence electrons. The van der Waals surface area contributed by atoms with E-state index in [1.54, 1.807) is 29.7 Å². The van der Waals surface area contributed by atoms with E-state index in [-0.39, 0.29) is 11.8 Å². The van der Waals surface area contributed by atoms with E-state index in [0.29, 0.717) is 54.2 Å². The summed E-state index contributed by atoms with van der Waals surface area (Å²) in [5.74, 6) is 1.42. The van der Waals surface area contributed by atoms with Crippen molar-refractivity contribution < 1.29 is 18.5 Å². The molecule has 0 saturated carbocycles. The molecule has 0 spiro atoms. The Balaban J connectivity index is 1.75. The van der Waals surface area contributed by atoms with E-state index in [9.17, 15) is 9.59 Å². The van der Waals surface area contributed by atoms with Crippen LogP contribution in [0, 0.1) is 20.8 Å². The lowest BCUT2D eigenvalue weighted by Crippen LogP contribution is -2.50. The first-order valence-corrected chi connectivity index (χ1v) is 9.24. The third-order valence-corrected chi connectivity index (χ3v) is 5.18. The molecular weight excluding hydrogens is 360 g/mol. The van der Waals surface area contributed by atoms with Crippen LogP contribution in [0.2, 0.25) is 0 Å². The van der Waals surface area contributed by atoms with Crippen molar-refractivity contribution in [1.82, 2.24) is 19.9 Å². The molecule has 0 unspecified atom stereocenters. The number of piperazine rings is 1. The Morgan fingerprint density at radius 1 is 1.04 bits per heavy atom. The highest BCUT2D eigenvalue weighted by molar-refractivity contribution is 6.07. The Kier molecular flexibility index (Phi) is 4.41. The maximum absolute atomic E-state index is 13.3. The zero-order valence-corrected chi connectivity index (χ0v) is 16.4.